The van der Waals surface area contributed by atoms with Crippen LogP contribution < -0.4 is 10.7 Å². The minimum Gasteiger partial charge on any atom is -0.378 e. The average molecular weight is 489 g/mol. The fraction of sp³-hybridized carbons (Fsp3) is 0.154. The lowest BCUT2D eigenvalue weighted by molar-refractivity contribution is -0.120. The molecule has 0 fully saturated rings. The van der Waals surface area contributed by atoms with Crippen LogP contribution >= 0.6 is 11.8 Å². The third-order valence-corrected chi connectivity index (χ3v) is 6.17. The summed E-state index contributed by atoms with van der Waals surface area (Å²) in [5.74, 6) is 0.115. The Labute approximate surface area is 207 Å². The number of halogens is 1. The van der Waals surface area contributed by atoms with E-state index < -0.39 is 5.25 Å². The van der Waals surface area contributed by atoms with E-state index in [4.69, 9.17) is 0 Å². The minimum atomic E-state index is -0.482. The number of hydrogen-bond acceptors (Lipinski definition) is 6. The van der Waals surface area contributed by atoms with Crippen molar-refractivity contribution in [2.24, 2.45) is 5.10 Å². The molecule has 3 aromatic carbocycles. The quantitative estimate of drug-likeness (QED) is 0.198. The Bertz CT molecular complexity index is 1290. The lowest BCUT2D eigenvalue weighted by Gasteiger charge is -2.13. The predicted molar refractivity (Wildman–Crippen MR) is 137 cm³/mol. The van der Waals surface area contributed by atoms with Gasteiger partial charge in [-0.15, -0.1) is 10.2 Å². The second-order valence-corrected chi connectivity index (χ2v) is 9.14. The van der Waals surface area contributed by atoms with E-state index in [1.165, 1.54) is 35.7 Å². The number of para-hydroxylation sites is 1. The number of benzene rings is 3. The molecule has 4 rings (SSSR count). The lowest BCUT2D eigenvalue weighted by Crippen LogP contribution is -2.27. The lowest BCUT2D eigenvalue weighted by atomic mass is 10.2. The number of hydrogen-bond donors (Lipinski definition) is 2. The first-order valence-corrected chi connectivity index (χ1v) is 11.9. The first kappa shape index (κ1) is 24.2. The average Bonchev–Trinajstić information content (AvgIpc) is 3.27. The van der Waals surface area contributed by atoms with Crippen molar-refractivity contribution in [1.82, 2.24) is 20.2 Å². The Hall–Kier alpha value is -3.98. The molecule has 0 spiro atoms. The van der Waals surface area contributed by atoms with Crippen molar-refractivity contribution in [3.05, 3.63) is 102 Å². The van der Waals surface area contributed by atoms with Crippen LogP contribution in [0.2, 0.25) is 0 Å². The van der Waals surface area contributed by atoms with E-state index in [0.29, 0.717) is 17.3 Å². The Morgan fingerprint density at radius 1 is 1.06 bits per heavy atom. The van der Waals surface area contributed by atoms with Crippen LogP contribution in [0.25, 0.3) is 5.69 Å². The van der Waals surface area contributed by atoms with Gasteiger partial charge in [-0.25, -0.2) is 9.82 Å². The van der Waals surface area contributed by atoms with Crippen LogP contribution in [0.5, 0.6) is 0 Å². The molecule has 9 heteroatoms. The fourth-order valence-corrected chi connectivity index (χ4v) is 4.08. The molecule has 0 aliphatic heterocycles. The summed E-state index contributed by atoms with van der Waals surface area (Å²) in [6.45, 7) is 4.29. The van der Waals surface area contributed by atoms with Crippen LogP contribution in [-0.2, 0) is 11.3 Å². The van der Waals surface area contributed by atoms with Gasteiger partial charge in [0.1, 0.15) is 5.82 Å². The van der Waals surface area contributed by atoms with Crippen LogP contribution in [0.3, 0.4) is 0 Å². The molecule has 0 saturated carbocycles. The van der Waals surface area contributed by atoms with Crippen molar-refractivity contribution in [1.29, 1.82) is 0 Å². The first-order valence-electron chi connectivity index (χ1n) is 11.0. The Morgan fingerprint density at radius 3 is 2.49 bits per heavy atom. The number of amides is 1. The van der Waals surface area contributed by atoms with Gasteiger partial charge in [-0.1, -0.05) is 59.8 Å². The third-order valence-electron chi connectivity index (χ3n) is 5.13. The minimum absolute atomic E-state index is 0.282. The summed E-state index contributed by atoms with van der Waals surface area (Å²) in [4.78, 5) is 12.6. The van der Waals surface area contributed by atoms with Crippen LogP contribution in [-0.4, -0.2) is 32.1 Å². The normalized spacial score (nSPS) is 12.0. The number of carbonyl (C=O) groups is 1. The van der Waals surface area contributed by atoms with E-state index in [2.05, 4.69) is 26.0 Å². The first-order chi connectivity index (χ1) is 17.0. The highest BCUT2D eigenvalue weighted by Crippen LogP contribution is 2.26. The highest BCUT2D eigenvalue weighted by molar-refractivity contribution is 8.00. The van der Waals surface area contributed by atoms with Gasteiger partial charge < -0.3 is 5.32 Å². The van der Waals surface area contributed by atoms with E-state index in [1.807, 2.05) is 66.1 Å². The van der Waals surface area contributed by atoms with Gasteiger partial charge in [0, 0.05) is 11.4 Å². The topological polar surface area (TPSA) is 84.2 Å². The number of rotatable bonds is 9. The van der Waals surface area contributed by atoms with Gasteiger partial charge in [0.25, 0.3) is 5.91 Å². The summed E-state index contributed by atoms with van der Waals surface area (Å²) < 4.78 is 15.0. The molecule has 0 radical (unpaired) electrons. The number of thioether (sulfide) groups is 1. The number of aromatic nitrogens is 3. The molecule has 2 N–H and O–H groups in total. The zero-order chi connectivity index (χ0) is 24.6. The number of carbonyl (C=O) groups excluding carboxylic acids is 1. The number of hydrazone groups is 1. The SMILES string of the molecule is Cc1ccc(NCc2nnc(SC(C)C(=O)NN=Cc3ccc(F)cc3)n2-c2ccccc2)cc1. The van der Waals surface area contributed by atoms with E-state index in [1.54, 1.807) is 19.1 Å². The molecule has 1 heterocycles. The summed E-state index contributed by atoms with van der Waals surface area (Å²) in [7, 11) is 0. The van der Waals surface area contributed by atoms with Crippen LogP contribution in [0.4, 0.5) is 10.1 Å². The van der Waals surface area contributed by atoms with Crippen molar-refractivity contribution >= 4 is 29.6 Å². The maximum atomic E-state index is 13.0. The van der Waals surface area contributed by atoms with E-state index in [0.717, 1.165) is 17.2 Å². The Balaban J connectivity index is 1.46. The highest BCUT2D eigenvalue weighted by Gasteiger charge is 2.21. The van der Waals surface area contributed by atoms with Crippen molar-refractivity contribution in [2.75, 3.05) is 5.32 Å². The molecule has 0 aliphatic rings. The van der Waals surface area contributed by atoms with Crippen molar-refractivity contribution in [3.8, 4) is 5.69 Å². The zero-order valence-corrected chi connectivity index (χ0v) is 20.2. The zero-order valence-electron chi connectivity index (χ0n) is 19.4. The number of nitrogens with zero attached hydrogens (tertiary/aromatic N) is 4. The van der Waals surface area contributed by atoms with Gasteiger partial charge in [-0.3, -0.25) is 9.36 Å². The molecule has 178 valence electrons. The van der Waals surface area contributed by atoms with Crippen molar-refractivity contribution in [3.63, 3.8) is 0 Å². The van der Waals surface area contributed by atoms with Gasteiger partial charge in [-0.05, 0) is 55.8 Å². The standard InChI is InChI=1S/C26H25FN6OS/c1-18-8-14-22(15-9-18)28-17-24-30-32-26(33(24)23-6-4-3-5-7-23)35-19(2)25(34)31-29-16-20-10-12-21(27)13-11-20/h3-16,19,28H,17H2,1-2H3,(H,31,34). The number of nitrogens with one attached hydrogen (secondary N) is 2. The number of anilines is 1. The van der Waals surface area contributed by atoms with E-state index >= 15 is 0 Å². The largest absolute Gasteiger partial charge is 0.378 e. The summed E-state index contributed by atoms with van der Waals surface area (Å²) in [5.41, 5.74) is 6.29. The smallest absolute Gasteiger partial charge is 0.253 e. The molecule has 35 heavy (non-hydrogen) atoms. The van der Waals surface area contributed by atoms with E-state index in [-0.39, 0.29) is 11.7 Å². The van der Waals surface area contributed by atoms with Crippen LogP contribution in [0.15, 0.2) is 89.1 Å². The molecule has 1 unspecified atom stereocenters. The maximum absolute atomic E-state index is 13.0. The summed E-state index contributed by atoms with van der Waals surface area (Å²) in [5, 5.41) is 16.2. The van der Waals surface area contributed by atoms with Gasteiger partial charge in [-0.2, -0.15) is 5.10 Å². The monoisotopic (exact) mass is 488 g/mol. The molecule has 0 aliphatic carbocycles. The summed E-state index contributed by atoms with van der Waals surface area (Å²) in [6.07, 6.45) is 1.47. The van der Waals surface area contributed by atoms with Crippen LogP contribution in [0, 0.1) is 12.7 Å². The number of aryl methyl sites for hydroxylation is 1. The second-order valence-electron chi connectivity index (χ2n) is 7.84. The van der Waals surface area contributed by atoms with Crippen molar-refractivity contribution < 1.29 is 9.18 Å². The molecule has 1 aromatic heterocycles. The Kier molecular flexibility index (Phi) is 7.89. The molecular formula is C26H25FN6OS. The third kappa shape index (κ3) is 6.54. The summed E-state index contributed by atoms with van der Waals surface area (Å²) in [6, 6.07) is 23.8. The molecule has 1 amide bonds. The van der Waals surface area contributed by atoms with E-state index in [9.17, 15) is 9.18 Å². The fourth-order valence-electron chi connectivity index (χ4n) is 3.20. The van der Waals surface area contributed by atoms with Gasteiger partial charge >= 0.3 is 0 Å². The highest BCUT2D eigenvalue weighted by atomic mass is 32.2. The second kappa shape index (κ2) is 11.4. The van der Waals surface area contributed by atoms with Crippen LogP contribution in [0.1, 0.15) is 23.9 Å². The predicted octanol–water partition coefficient (Wildman–Crippen LogP) is 4.96. The van der Waals surface area contributed by atoms with Gasteiger partial charge in [0.2, 0.25) is 0 Å². The molecule has 0 bridgehead atoms. The maximum Gasteiger partial charge on any atom is 0.253 e. The molecular weight excluding hydrogens is 463 g/mol. The molecule has 1 atom stereocenters. The molecule has 0 saturated heterocycles. The molecule has 7 nitrogen and oxygen atoms in total. The van der Waals surface area contributed by atoms with Crippen molar-refractivity contribution in [2.45, 2.75) is 30.8 Å². The molecule has 4 aromatic rings. The van der Waals surface area contributed by atoms with Gasteiger partial charge in [0.05, 0.1) is 18.0 Å². The summed E-state index contributed by atoms with van der Waals surface area (Å²) >= 11 is 1.29. The van der Waals surface area contributed by atoms with Gasteiger partial charge in [0.15, 0.2) is 11.0 Å². The Morgan fingerprint density at radius 2 is 1.77 bits per heavy atom.